The van der Waals surface area contributed by atoms with Crippen LogP contribution in [0.15, 0.2) is 6.07 Å². The van der Waals surface area contributed by atoms with Crippen LogP contribution in [0.1, 0.15) is 30.7 Å². The first-order valence-electron chi connectivity index (χ1n) is 5.40. The predicted octanol–water partition coefficient (Wildman–Crippen LogP) is 1.83. The molecule has 4 heteroatoms. The number of nitrogens with zero attached hydrogens (tertiary/aromatic N) is 2. The van der Waals surface area contributed by atoms with Crippen LogP contribution in [0.25, 0.3) is 0 Å². The van der Waals surface area contributed by atoms with Crippen LogP contribution < -0.4 is 10.6 Å². The third-order valence-corrected chi connectivity index (χ3v) is 2.70. The minimum atomic E-state index is 0.0764. The van der Waals surface area contributed by atoms with Gasteiger partial charge in [-0.25, -0.2) is 4.98 Å². The highest BCUT2D eigenvalue weighted by atomic mass is 15.2. The maximum absolute atomic E-state index is 7.63. The van der Waals surface area contributed by atoms with E-state index in [1.54, 1.807) is 0 Å². The van der Waals surface area contributed by atoms with Crippen molar-refractivity contribution in [1.82, 2.24) is 4.98 Å². The first kappa shape index (κ1) is 12.5. The lowest BCUT2D eigenvalue weighted by Crippen LogP contribution is -2.30. The van der Waals surface area contributed by atoms with Crippen molar-refractivity contribution in [2.24, 2.45) is 5.73 Å². The van der Waals surface area contributed by atoms with E-state index in [0.29, 0.717) is 6.04 Å². The molecule has 0 atom stereocenters. The van der Waals surface area contributed by atoms with Crippen LogP contribution in [-0.4, -0.2) is 23.9 Å². The zero-order chi connectivity index (χ0) is 12.5. The molecule has 0 aliphatic carbocycles. The fourth-order valence-electron chi connectivity index (χ4n) is 1.65. The quantitative estimate of drug-likeness (QED) is 0.603. The molecular weight excluding hydrogens is 200 g/mol. The molecule has 1 rings (SSSR count). The summed E-state index contributed by atoms with van der Waals surface area (Å²) in [7, 11) is 1.97. The molecule has 0 unspecified atom stereocenters. The van der Waals surface area contributed by atoms with E-state index in [1.165, 1.54) is 0 Å². The van der Waals surface area contributed by atoms with Gasteiger partial charge in [0.25, 0.3) is 0 Å². The van der Waals surface area contributed by atoms with Crippen LogP contribution in [0, 0.1) is 19.3 Å². The van der Waals surface area contributed by atoms with Crippen LogP contribution in [-0.2, 0) is 0 Å². The largest absolute Gasteiger partial charge is 0.384 e. The number of anilines is 1. The normalized spacial score (nSPS) is 10.6. The van der Waals surface area contributed by atoms with Crippen molar-refractivity contribution in [1.29, 1.82) is 5.41 Å². The smallest absolute Gasteiger partial charge is 0.140 e. The number of aromatic nitrogens is 1. The van der Waals surface area contributed by atoms with Gasteiger partial charge in [-0.15, -0.1) is 0 Å². The zero-order valence-electron chi connectivity index (χ0n) is 10.6. The molecule has 88 valence electrons. The summed E-state index contributed by atoms with van der Waals surface area (Å²) in [6, 6.07) is 2.28. The molecule has 0 radical (unpaired) electrons. The molecule has 0 bridgehead atoms. The van der Waals surface area contributed by atoms with Gasteiger partial charge in [0.1, 0.15) is 11.7 Å². The van der Waals surface area contributed by atoms with Gasteiger partial charge in [0.05, 0.1) is 5.56 Å². The molecule has 0 spiro atoms. The van der Waals surface area contributed by atoms with Crippen molar-refractivity contribution >= 4 is 11.7 Å². The first-order chi connectivity index (χ1) is 7.34. The Kier molecular flexibility index (Phi) is 3.52. The zero-order valence-corrected chi connectivity index (χ0v) is 10.6. The molecule has 1 heterocycles. The Labute approximate surface area is 97.0 Å². The van der Waals surface area contributed by atoms with E-state index in [4.69, 9.17) is 11.1 Å². The fourth-order valence-corrected chi connectivity index (χ4v) is 1.65. The summed E-state index contributed by atoms with van der Waals surface area (Å²) in [6.07, 6.45) is 0. The standard InChI is InChI=1S/C12H20N4/c1-7(2)16(5)12-10(11(13)14)8(3)6-9(4)15-12/h6-7H,1-5H3,(H3,13,14). The molecule has 0 aliphatic heterocycles. The monoisotopic (exact) mass is 220 g/mol. The molecular formula is C12H20N4. The number of nitrogen functional groups attached to an aromatic ring is 1. The second-order valence-electron chi connectivity index (χ2n) is 4.40. The van der Waals surface area contributed by atoms with Gasteiger partial charge in [0.15, 0.2) is 0 Å². The number of amidine groups is 1. The van der Waals surface area contributed by atoms with Gasteiger partial charge in [-0.1, -0.05) is 0 Å². The minimum absolute atomic E-state index is 0.0764. The Balaban J connectivity index is 3.40. The highest BCUT2D eigenvalue weighted by Crippen LogP contribution is 2.22. The molecule has 0 saturated carbocycles. The molecule has 0 amide bonds. The summed E-state index contributed by atoms with van der Waals surface area (Å²) in [5.74, 6) is 0.868. The van der Waals surface area contributed by atoms with Crippen molar-refractivity contribution in [2.45, 2.75) is 33.7 Å². The molecule has 16 heavy (non-hydrogen) atoms. The van der Waals surface area contributed by atoms with E-state index >= 15 is 0 Å². The van der Waals surface area contributed by atoms with E-state index in [1.807, 2.05) is 31.9 Å². The number of nitrogens with one attached hydrogen (secondary N) is 1. The third-order valence-electron chi connectivity index (χ3n) is 2.70. The van der Waals surface area contributed by atoms with Gasteiger partial charge in [-0.2, -0.15) is 0 Å². The number of hydrogen-bond acceptors (Lipinski definition) is 3. The van der Waals surface area contributed by atoms with Crippen molar-refractivity contribution in [3.8, 4) is 0 Å². The maximum atomic E-state index is 7.63. The topological polar surface area (TPSA) is 66.0 Å². The number of rotatable bonds is 3. The summed E-state index contributed by atoms with van der Waals surface area (Å²) in [4.78, 5) is 6.52. The molecule has 0 aliphatic rings. The Bertz CT molecular complexity index is 410. The second kappa shape index (κ2) is 4.51. The second-order valence-corrected chi connectivity index (χ2v) is 4.40. The third kappa shape index (κ3) is 2.32. The van der Waals surface area contributed by atoms with Gasteiger partial charge < -0.3 is 10.6 Å². The van der Waals surface area contributed by atoms with E-state index in [9.17, 15) is 0 Å². The average molecular weight is 220 g/mol. The lowest BCUT2D eigenvalue weighted by Gasteiger charge is -2.26. The highest BCUT2D eigenvalue weighted by Gasteiger charge is 2.16. The molecule has 0 fully saturated rings. The Hall–Kier alpha value is -1.58. The lowest BCUT2D eigenvalue weighted by molar-refractivity contribution is 0.740. The maximum Gasteiger partial charge on any atom is 0.140 e. The highest BCUT2D eigenvalue weighted by molar-refractivity contribution is 6.01. The summed E-state index contributed by atoms with van der Waals surface area (Å²) in [5.41, 5.74) is 8.31. The van der Waals surface area contributed by atoms with Crippen molar-refractivity contribution < 1.29 is 0 Å². The van der Waals surface area contributed by atoms with Gasteiger partial charge in [0, 0.05) is 18.8 Å². The van der Waals surface area contributed by atoms with Gasteiger partial charge in [-0.05, 0) is 39.3 Å². The van der Waals surface area contributed by atoms with Gasteiger partial charge in [-0.3, -0.25) is 5.41 Å². The first-order valence-corrected chi connectivity index (χ1v) is 5.40. The molecule has 0 aromatic carbocycles. The lowest BCUT2D eigenvalue weighted by atomic mass is 10.1. The van der Waals surface area contributed by atoms with E-state index in [0.717, 1.165) is 22.6 Å². The predicted molar refractivity (Wildman–Crippen MR) is 68.3 cm³/mol. The van der Waals surface area contributed by atoms with Gasteiger partial charge in [0.2, 0.25) is 0 Å². The van der Waals surface area contributed by atoms with Crippen molar-refractivity contribution in [3.63, 3.8) is 0 Å². The molecule has 1 aromatic rings. The Morgan fingerprint density at radius 2 is 2.00 bits per heavy atom. The number of hydrogen-bond donors (Lipinski definition) is 2. The summed E-state index contributed by atoms with van der Waals surface area (Å²) in [5, 5.41) is 7.63. The Morgan fingerprint density at radius 3 is 2.44 bits per heavy atom. The summed E-state index contributed by atoms with van der Waals surface area (Å²) >= 11 is 0. The van der Waals surface area contributed by atoms with E-state index in [2.05, 4.69) is 18.8 Å². The van der Waals surface area contributed by atoms with Crippen molar-refractivity contribution in [2.75, 3.05) is 11.9 Å². The number of pyridine rings is 1. The fraction of sp³-hybridized carbons (Fsp3) is 0.500. The number of nitrogens with two attached hydrogens (primary N) is 1. The van der Waals surface area contributed by atoms with Crippen LogP contribution >= 0.6 is 0 Å². The molecule has 3 N–H and O–H groups in total. The van der Waals surface area contributed by atoms with E-state index < -0.39 is 0 Å². The summed E-state index contributed by atoms with van der Waals surface area (Å²) in [6.45, 7) is 8.09. The minimum Gasteiger partial charge on any atom is -0.384 e. The van der Waals surface area contributed by atoms with Crippen LogP contribution in [0.5, 0.6) is 0 Å². The molecule has 0 saturated heterocycles. The van der Waals surface area contributed by atoms with E-state index in [-0.39, 0.29) is 5.84 Å². The SMILES string of the molecule is Cc1cc(C)c(C(=N)N)c(N(C)C(C)C)n1. The summed E-state index contributed by atoms with van der Waals surface area (Å²) < 4.78 is 0. The van der Waals surface area contributed by atoms with Crippen LogP contribution in [0.4, 0.5) is 5.82 Å². The van der Waals surface area contributed by atoms with Crippen LogP contribution in [0.2, 0.25) is 0 Å². The Morgan fingerprint density at radius 1 is 1.44 bits per heavy atom. The van der Waals surface area contributed by atoms with Gasteiger partial charge >= 0.3 is 0 Å². The number of aryl methyl sites for hydroxylation is 2. The molecule has 4 nitrogen and oxygen atoms in total. The van der Waals surface area contributed by atoms with Crippen LogP contribution in [0.3, 0.4) is 0 Å². The average Bonchev–Trinajstić information content (AvgIpc) is 2.14. The van der Waals surface area contributed by atoms with Crippen molar-refractivity contribution in [3.05, 3.63) is 22.9 Å². The molecule has 1 aromatic heterocycles.